The predicted molar refractivity (Wildman–Crippen MR) is 183 cm³/mol. The zero-order valence-corrected chi connectivity index (χ0v) is 27.8. The molecule has 0 saturated carbocycles. The van der Waals surface area contributed by atoms with Gasteiger partial charge >= 0.3 is 0 Å². The van der Waals surface area contributed by atoms with Crippen molar-refractivity contribution in [1.82, 2.24) is 30.5 Å². The van der Waals surface area contributed by atoms with Gasteiger partial charge < -0.3 is 25.8 Å². The molecular formula is C36H50N8O4. The number of nitrogens with zero attached hydrogens (tertiary/aromatic N) is 4. The minimum Gasteiger partial charge on any atom is -0.370 e. The molecule has 2 aromatic rings. The SMILES string of the molecule is N=C(N)N1CCC[C@@H](C[C@H](NC(=O)CN2C(=O)CN(CCCc3ccccc3)C(=O)[C@H]2Cc2ccccc2)C(=O)NN2CCCCC2)C1. The second-order valence-corrected chi connectivity index (χ2v) is 13.3. The number of piperazine rings is 1. The van der Waals surface area contributed by atoms with Crippen molar-refractivity contribution in [1.29, 1.82) is 5.41 Å². The van der Waals surface area contributed by atoms with Gasteiger partial charge in [0.2, 0.25) is 17.7 Å². The molecule has 0 unspecified atom stereocenters. The van der Waals surface area contributed by atoms with Gasteiger partial charge in [0.25, 0.3) is 5.91 Å². The van der Waals surface area contributed by atoms with Crippen molar-refractivity contribution in [3.63, 3.8) is 0 Å². The lowest BCUT2D eigenvalue weighted by molar-refractivity contribution is -0.157. The Morgan fingerprint density at radius 3 is 2.29 bits per heavy atom. The maximum Gasteiger partial charge on any atom is 0.256 e. The molecule has 5 N–H and O–H groups in total. The number of amides is 4. The van der Waals surface area contributed by atoms with Crippen molar-refractivity contribution < 1.29 is 19.2 Å². The zero-order valence-electron chi connectivity index (χ0n) is 27.8. The summed E-state index contributed by atoms with van der Waals surface area (Å²) in [6.07, 6.45) is 6.97. The molecular weight excluding hydrogens is 608 g/mol. The number of rotatable bonds is 13. The smallest absolute Gasteiger partial charge is 0.256 e. The Balaban J connectivity index is 1.27. The zero-order chi connectivity index (χ0) is 33.9. The fourth-order valence-corrected chi connectivity index (χ4v) is 7.07. The van der Waals surface area contributed by atoms with Gasteiger partial charge in [0, 0.05) is 39.1 Å². The highest BCUT2D eigenvalue weighted by atomic mass is 16.2. The lowest BCUT2D eigenvalue weighted by atomic mass is 9.91. The second-order valence-electron chi connectivity index (χ2n) is 13.3. The summed E-state index contributed by atoms with van der Waals surface area (Å²) in [7, 11) is 0. The van der Waals surface area contributed by atoms with Crippen LogP contribution in [0.5, 0.6) is 0 Å². The molecule has 3 aliphatic rings. The second kappa shape index (κ2) is 17.1. The third kappa shape index (κ3) is 9.79. The van der Waals surface area contributed by atoms with E-state index in [1.165, 1.54) is 10.5 Å². The van der Waals surface area contributed by atoms with Crippen LogP contribution in [0.2, 0.25) is 0 Å². The highest BCUT2D eigenvalue weighted by Crippen LogP contribution is 2.22. The van der Waals surface area contributed by atoms with Gasteiger partial charge in [-0.1, -0.05) is 67.1 Å². The van der Waals surface area contributed by atoms with E-state index in [0.717, 1.165) is 63.6 Å². The van der Waals surface area contributed by atoms with Crippen molar-refractivity contribution in [2.45, 2.75) is 69.9 Å². The molecule has 3 saturated heterocycles. The van der Waals surface area contributed by atoms with Crippen LogP contribution in [-0.2, 0) is 32.0 Å². The number of guanidine groups is 1. The van der Waals surface area contributed by atoms with E-state index in [9.17, 15) is 19.2 Å². The van der Waals surface area contributed by atoms with Crippen LogP contribution in [0, 0.1) is 11.3 Å². The van der Waals surface area contributed by atoms with Crippen LogP contribution < -0.4 is 16.5 Å². The number of piperidine rings is 2. The number of nitrogens with one attached hydrogen (secondary N) is 3. The summed E-state index contributed by atoms with van der Waals surface area (Å²) in [4.78, 5) is 59.7. The number of aryl methyl sites for hydroxylation is 1. The van der Waals surface area contributed by atoms with E-state index in [4.69, 9.17) is 11.1 Å². The third-order valence-corrected chi connectivity index (χ3v) is 9.65. The van der Waals surface area contributed by atoms with Crippen LogP contribution in [0.1, 0.15) is 56.1 Å². The van der Waals surface area contributed by atoms with E-state index in [0.29, 0.717) is 26.1 Å². The first-order valence-corrected chi connectivity index (χ1v) is 17.4. The van der Waals surface area contributed by atoms with Crippen LogP contribution in [0.15, 0.2) is 60.7 Å². The Kier molecular flexibility index (Phi) is 12.4. The van der Waals surface area contributed by atoms with Gasteiger partial charge in [-0.05, 0) is 62.0 Å². The fourth-order valence-electron chi connectivity index (χ4n) is 7.07. The van der Waals surface area contributed by atoms with Crippen molar-refractivity contribution >= 4 is 29.6 Å². The van der Waals surface area contributed by atoms with Gasteiger partial charge in [-0.2, -0.15) is 0 Å². The number of nitrogens with two attached hydrogens (primary N) is 1. The number of carbonyl (C=O) groups excluding carboxylic acids is 4. The van der Waals surface area contributed by atoms with Crippen LogP contribution in [0.25, 0.3) is 0 Å². The number of benzene rings is 2. The molecule has 3 heterocycles. The Morgan fingerprint density at radius 2 is 1.60 bits per heavy atom. The van der Waals surface area contributed by atoms with Crippen LogP contribution in [0.3, 0.4) is 0 Å². The highest BCUT2D eigenvalue weighted by Gasteiger charge is 2.40. The third-order valence-electron chi connectivity index (χ3n) is 9.65. The first kappa shape index (κ1) is 34.9. The molecule has 0 aromatic heterocycles. The summed E-state index contributed by atoms with van der Waals surface area (Å²) in [5.74, 6) is -1.19. The predicted octanol–water partition coefficient (Wildman–Crippen LogP) is 1.90. The van der Waals surface area contributed by atoms with Crippen molar-refractivity contribution in [2.24, 2.45) is 11.7 Å². The molecule has 0 bridgehead atoms. The van der Waals surface area contributed by atoms with E-state index in [-0.39, 0.29) is 49.1 Å². The molecule has 2 aromatic carbocycles. The number of hydrazine groups is 1. The lowest BCUT2D eigenvalue weighted by Crippen LogP contribution is -2.63. The first-order chi connectivity index (χ1) is 23.3. The summed E-state index contributed by atoms with van der Waals surface area (Å²) in [5, 5.41) is 12.7. The number of carbonyl (C=O) groups is 4. The summed E-state index contributed by atoms with van der Waals surface area (Å²) in [5.41, 5.74) is 10.8. The highest BCUT2D eigenvalue weighted by molar-refractivity contribution is 5.97. The Hall–Kier alpha value is -4.45. The van der Waals surface area contributed by atoms with E-state index in [1.54, 1.807) is 9.80 Å². The molecule has 0 aliphatic carbocycles. The molecule has 48 heavy (non-hydrogen) atoms. The van der Waals surface area contributed by atoms with Gasteiger partial charge in [0.05, 0.1) is 6.54 Å². The number of hydrogen-bond donors (Lipinski definition) is 4. The molecule has 3 atom stereocenters. The lowest BCUT2D eigenvalue weighted by Gasteiger charge is -2.40. The van der Waals surface area contributed by atoms with Gasteiger partial charge in [0.1, 0.15) is 18.6 Å². The summed E-state index contributed by atoms with van der Waals surface area (Å²) in [6, 6.07) is 17.9. The number of hydrogen-bond acceptors (Lipinski definition) is 6. The topological polar surface area (TPSA) is 155 Å². The van der Waals surface area contributed by atoms with Gasteiger partial charge in [0.15, 0.2) is 5.96 Å². The van der Waals surface area contributed by atoms with E-state index in [1.807, 2.05) is 53.5 Å². The Bertz CT molecular complexity index is 1400. The monoisotopic (exact) mass is 658 g/mol. The van der Waals surface area contributed by atoms with E-state index in [2.05, 4.69) is 22.9 Å². The van der Waals surface area contributed by atoms with E-state index < -0.39 is 18.0 Å². The van der Waals surface area contributed by atoms with Crippen LogP contribution in [0.4, 0.5) is 0 Å². The molecule has 0 radical (unpaired) electrons. The normalized spacial score (nSPS) is 21.1. The molecule has 12 nitrogen and oxygen atoms in total. The number of likely N-dealkylation sites (tertiary alicyclic amines) is 1. The molecule has 4 amide bonds. The van der Waals surface area contributed by atoms with Crippen molar-refractivity contribution in [3.05, 3.63) is 71.8 Å². The molecule has 3 fully saturated rings. The van der Waals surface area contributed by atoms with Crippen molar-refractivity contribution in [3.8, 4) is 0 Å². The largest absolute Gasteiger partial charge is 0.370 e. The maximum atomic E-state index is 13.9. The standard InChI is InChI=1S/C36H50N8O4/c37-36(38)42-19-11-17-29(24-42)22-30(34(47)40-43-20-8-3-9-21-43)39-32(45)25-44-31(23-28-14-6-2-7-15-28)35(48)41(26-33(44)46)18-10-16-27-12-4-1-5-13-27/h1-2,4-7,12-15,29-31H,3,8-11,16-26H2,(H3,37,38)(H,39,45)(H,40,47)/t29-,30-,31+/m0/s1. The first-order valence-electron chi connectivity index (χ1n) is 17.4. The quantitative estimate of drug-likeness (QED) is 0.189. The average Bonchev–Trinajstić information content (AvgIpc) is 3.09. The fraction of sp³-hybridized carbons (Fsp3) is 0.528. The maximum absolute atomic E-state index is 13.9. The molecule has 5 rings (SSSR count). The Morgan fingerprint density at radius 1 is 0.917 bits per heavy atom. The summed E-state index contributed by atoms with van der Waals surface area (Å²) in [6.45, 7) is 2.77. The molecule has 3 aliphatic heterocycles. The van der Waals surface area contributed by atoms with Gasteiger partial charge in [-0.25, -0.2) is 5.01 Å². The van der Waals surface area contributed by atoms with Crippen molar-refractivity contribution in [2.75, 3.05) is 45.8 Å². The summed E-state index contributed by atoms with van der Waals surface area (Å²) < 4.78 is 0. The van der Waals surface area contributed by atoms with Crippen LogP contribution >= 0.6 is 0 Å². The van der Waals surface area contributed by atoms with Crippen LogP contribution in [-0.4, -0.2) is 107 Å². The molecule has 12 heteroatoms. The molecule has 0 spiro atoms. The minimum atomic E-state index is -0.839. The van der Waals surface area contributed by atoms with Gasteiger partial charge in [-0.15, -0.1) is 0 Å². The van der Waals surface area contributed by atoms with E-state index >= 15 is 0 Å². The summed E-state index contributed by atoms with van der Waals surface area (Å²) >= 11 is 0. The minimum absolute atomic E-state index is 0.00454. The molecule has 258 valence electrons. The van der Waals surface area contributed by atoms with Gasteiger partial charge in [-0.3, -0.25) is 30.0 Å². The Labute approximate surface area is 283 Å². The average molecular weight is 659 g/mol.